The van der Waals surface area contributed by atoms with Gasteiger partial charge in [-0.25, -0.2) is 0 Å². The molecule has 0 spiro atoms. The molecule has 0 aliphatic heterocycles. The van der Waals surface area contributed by atoms with Gasteiger partial charge in [0, 0.05) is 11.1 Å². The lowest BCUT2D eigenvalue weighted by molar-refractivity contribution is 0.586. The maximum absolute atomic E-state index is 6.30. The molecule has 39 heavy (non-hydrogen) atoms. The van der Waals surface area contributed by atoms with Gasteiger partial charge >= 0.3 is 0 Å². The molecule has 0 aliphatic rings. The minimum Gasteiger partial charge on any atom is -0.416 e. The molecule has 1 aromatic heterocycles. The van der Waals surface area contributed by atoms with Crippen molar-refractivity contribution in [2.75, 3.05) is 0 Å². The molecule has 0 saturated heterocycles. The van der Waals surface area contributed by atoms with Crippen LogP contribution in [0.15, 0.2) is 132 Å². The summed E-state index contributed by atoms with van der Waals surface area (Å²) in [4.78, 5) is 0. The molecule has 3 nitrogen and oxygen atoms in total. The second-order valence-electron chi connectivity index (χ2n) is 9.91. The van der Waals surface area contributed by atoms with E-state index in [9.17, 15) is 0 Å². The van der Waals surface area contributed by atoms with E-state index in [0.29, 0.717) is 11.8 Å². The van der Waals surface area contributed by atoms with E-state index in [2.05, 4.69) is 120 Å². The number of nitrogens with zero attached hydrogens (tertiary/aromatic N) is 2. The highest BCUT2D eigenvalue weighted by molar-refractivity contribution is 5.98. The molecule has 6 aromatic carbocycles. The molecule has 0 atom stereocenters. The standard InChI is InChI=1S/C36H26N2O/c1-24-11-2-5-15-28(24)30-17-7-4-13-26(30)23-27-21-22-34(32-19-9-8-18-31(27)32)36-38-37-35(39-36)33-20-10-14-25-12-3-6-16-29(25)33/h2-22H,23H2,1H3. The fourth-order valence-electron chi connectivity index (χ4n) is 5.57. The van der Waals surface area contributed by atoms with Gasteiger partial charge in [-0.2, -0.15) is 0 Å². The summed E-state index contributed by atoms with van der Waals surface area (Å²) in [6, 6.07) is 44.5. The van der Waals surface area contributed by atoms with Crippen LogP contribution < -0.4 is 0 Å². The molecule has 0 saturated carbocycles. The zero-order valence-electron chi connectivity index (χ0n) is 21.6. The summed E-state index contributed by atoms with van der Waals surface area (Å²) < 4.78 is 6.30. The van der Waals surface area contributed by atoms with Crippen LogP contribution in [-0.2, 0) is 6.42 Å². The van der Waals surface area contributed by atoms with Gasteiger partial charge in [-0.15, -0.1) is 10.2 Å². The van der Waals surface area contributed by atoms with E-state index >= 15 is 0 Å². The first-order valence-electron chi connectivity index (χ1n) is 13.2. The second kappa shape index (κ2) is 9.70. The van der Waals surface area contributed by atoms with Crippen LogP contribution in [0.4, 0.5) is 0 Å². The van der Waals surface area contributed by atoms with Gasteiger partial charge in [0.05, 0.1) is 0 Å². The topological polar surface area (TPSA) is 38.9 Å². The van der Waals surface area contributed by atoms with Crippen molar-refractivity contribution in [3.63, 3.8) is 0 Å². The summed E-state index contributed by atoms with van der Waals surface area (Å²) in [7, 11) is 0. The van der Waals surface area contributed by atoms with Gasteiger partial charge in [-0.05, 0) is 74.8 Å². The zero-order valence-corrected chi connectivity index (χ0v) is 21.6. The lowest BCUT2D eigenvalue weighted by Gasteiger charge is -2.14. The van der Waals surface area contributed by atoms with E-state index in [1.165, 1.54) is 33.2 Å². The second-order valence-corrected chi connectivity index (χ2v) is 9.91. The number of benzene rings is 6. The monoisotopic (exact) mass is 502 g/mol. The Balaban J connectivity index is 1.30. The van der Waals surface area contributed by atoms with Crippen LogP contribution >= 0.6 is 0 Å². The first-order valence-corrected chi connectivity index (χ1v) is 13.2. The Morgan fingerprint density at radius 1 is 0.462 bits per heavy atom. The Labute approximate surface area is 227 Å². The number of rotatable bonds is 5. The molecule has 7 aromatic rings. The SMILES string of the molecule is Cc1ccccc1-c1ccccc1Cc1ccc(-c2nnc(-c3cccc4ccccc34)o2)c2ccccc12. The smallest absolute Gasteiger partial charge is 0.248 e. The summed E-state index contributed by atoms with van der Waals surface area (Å²) in [5.74, 6) is 1.06. The van der Waals surface area contributed by atoms with Gasteiger partial charge in [-0.3, -0.25) is 0 Å². The molecule has 186 valence electrons. The fraction of sp³-hybridized carbons (Fsp3) is 0.0556. The Bertz CT molecular complexity index is 1960. The Morgan fingerprint density at radius 3 is 1.87 bits per heavy atom. The summed E-state index contributed by atoms with van der Waals surface area (Å²) >= 11 is 0. The molecule has 0 fully saturated rings. The van der Waals surface area contributed by atoms with Crippen LogP contribution in [0.3, 0.4) is 0 Å². The number of aryl methyl sites for hydroxylation is 1. The van der Waals surface area contributed by atoms with E-state index in [1.807, 2.05) is 24.3 Å². The average Bonchev–Trinajstić information content (AvgIpc) is 3.48. The van der Waals surface area contributed by atoms with Crippen molar-refractivity contribution in [2.24, 2.45) is 0 Å². The number of fused-ring (bicyclic) bond motifs is 2. The zero-order chi connectivity index (χ0) is 26.2. The van der Waals surface area contributed by atoms with Crippen molar-refractivity contribution in [3.05, 3.63) is 144 Å². The van der Waals surface area contributed by atoms with Crippen molar-refractivity contribution < 1.29 is 4.42 Å². The van der Waals surface area contributed by atoms with Crippen LogP contribution in [0.25, 0.3) is 55.6 Å². The molecule has 0 radical (unpaired) electrons. The summed E-state index contributed by atoms with van der Waals surface area (Å²) in [5.41, 5.74) is 8.30. The average molecular weight is 503 g/mol. The molecule has 3 heteroatoms. The van der Waals surface area contributed by atoms with Crippen molar-refractivity contribution in [1.29, 1.82) is 0 Å². The van der Waals surface area contributed by atoms with Gasteiger partial charge in [0.15, 0.2) is 0 Å². The van der Waals surface area contributed by atoms with E-state index < -0.39 is 0 Å². The number of aromatic nitrogens is 2. The van der Waals surface area contributed by atoms with Gasteiger partial charge in [0.1, 0.15) is 0 Å². The highest BCUT2D eigenvalue weighted by atomic mass is 16.4. The molecule has 1 heterocycles. The normalized spacial score (nSPS) is 11.3. The largest absolute Gasteiger partial charge is 0.416 e. The Kier molecular flexibility index (Phi) is 5.75. The van der Waals surface area contributed by atoms with E-state index in [1.54, 1.807) is 0 Å². The van der Waals surface area contributed by atoms with Gasteiger partial charge in [0.25, 0.3) is 0 Å². The molecular weight excluding hydrogens is 476 g/mol. The van der Waals surface area contributed by atoms with E-state index in [0.717, 1.165) is 33.7 Å². The summed E-state index contributed by atoms with van der Waals surface area (Å²) in [6.45, 7) is 2.17. The van der Waals surface area contributed by atoms with Crippen LogP contribution in [0.2, 0.25) is 0 Å². The summed E-state index contributed by atoms with van der Waals surface area (Å²) in [5, 5.41) is 13.5. The first-order chi connectivity index (χ1) is 19.3. The Morgan fingerprint density at radius 2 is 1.05 bits per heavy atom. The maximum atomic E-state index is 6.30. The van der Waals surface area contributed by atoms with Crippen LogP contribution in [0.1, 0.15) is 16.7 Å². The van der Waals surface area contributed by atoms with Gasteiger partial charge < -0.3 is 4.42 Å². The Hall–Kier alpha value is -5.02. The van der Waals surface area contributed by atoms with Crippen LogP contribution in [-0.4, -0.2) is 10.2 Å². The van der Waals surface area contributed by atoms with Crippen molar-refractivity contribution >= 4 is 21.5 Å². The molecule has 0 bridgehead atoms. The molecule has 0 unspecified atom stereocenters. The third kappa shape index (κ3) is 4.18. The molecule has 7 rings (SSSR count). The van der Waals surface area contributed by atoms with Crippen molar-refractivity contribution in [1.82, 2.24) is 10.2 Å². The predicted octanol–water partition coefficient (Wildman–Crippen LogP) is 9.28. The minimum atomic E-state index is 0.529. The number of hydrogen-bond acceptors (Lipinski definition) is 3. The highest BCUT2D eigenvalue weighted by Crippen LogP contribution is 2.35. The van der Waals surface area contributed by atoms with Gasteiger partial charge in [-0.1, -0.05) is 115 Å². The lowest BCUT2D eigenvalue weighted by atomic mass is 9.90. The van der Waals surface area contributed by atoms with Crippen LogP contribution in [0, 0.1) is 6.92 Å². The molecule has 0 amide bonds. The predicted molar refractivity (Wildman–Crippen MR) is 160 cm³/mol. The van der Waals surface area contributed by atoms with E-state index in [4.69, 9.17) is 4.42 Å². The van der Waals surface area contributed by atoms with Crippen molar-refractivity contribution in [3.8, 4) is 34.0 Å². The van der Waals surface area contributed by atoms with E-state index in [-0.39, 0.29) is 0 Å². The van der Waals surface area contributed by atoms with Crippen molar-refractivity contribution in [2.45, 2.75) is 13.3 Å². The highest BCUT2D eigenvalue weighted by Gasteiger charge is 2.17. The molecular formula is C36H26N2O. The first kappa shape index (κ1) is 23.1. The lowest BCUT2D eigenvalue weighted by Crippen LogP contribution is -1.95. The molecule has 0 aliphatic carbocycles. The molecule has 0 N–H and O–H groups in total. The van der Waals surface area contributed by atoms with Crippen LogP contribution in [0.5, 0.6) is 0 Å². The quantitative estimate of drug-likeness (QED) is 0.235. The third-order valence-electron chi connectivity index (χ3n) is 7.52. The fourth-order valence-corrected chi connectivity index (χ4v) is 5.57. The third-order valence-corrected chi connectivity index (χ3v) is 7.52. The minimum absolute atomic E-state index is 0.529. The summed E-state index contributed by atoms with van der Waals surface area (Å²) in [6.07, 6.45) is 0.830. The van der Waals surface area contributed by atoms with Gasteiger partial charge in [0.2, 0.25) is 11.8 Å². The maximum Gasteiger partial charge on any atom is 0.248 e. The number of hydrogen-bond donors (Lipinski definition) is 0.